The number of carbonyl (C=O) groups excluding carboxylic acids is 1. The molecule has 1 atom stereocenters. The van der Waals surface area contributed by atoms with Crippen LogP contribution in [0.15, 0.2) is 67.0 Å². The van der Waals surface area contributed by atoms with E-state index in [4.69, 9.17) is 4.98 Å². The molecule has 34 heavy (non-hydrogen) atoms. The van der Waals surface area contributed by atoms with Crippen LogP contribution < -0.4 is 10.6 Å². The predicted molar refractivity (Wildman–Crippen MR) is 133 cm³/mol. The van der Waals surface area contributed by atoms with Crippen LogP contribution in [0.5, 0.6) is 0 Å². The molecule has 8 heteroatoms. The maximum absolute atomic E-state index is 12.7. The molecule has 3 heterocycles. The quantitative estimate of drug-likeness (QED) is 0.313. The van der Waals surface area contributed by atoms with Gasteiger partial charge in [-0.2, -0.15) is 0 Å². The van der Waals surface area contributed by atoms with Gasteiger partial charge >= 0.3 is 0 Å². The van der Waals surface area contributed by atoms with Crippen LogP contribution in [0.1, 0.15) is 18.1 Å². The normalized spacial score (nSPS) is 13.2. The van der Waals surface area contributed by atoms with E-state index >= 15 is 0 Å². The third-order valence-corrected chi connectivity index (χ3v) is 6.14. The first-order valence-corrected chi connectivity index (χ1v) is 11.1. The van der Waals surface area contributed by atoms with E-state index in [9.17, 15) is 9.90 Å². The van der Waals surface area contributed by atoms with Crippen LogP contribution >= 0.6 is 0 Å². The Morgan fingerprint density at radius 3 is 2.71 bits per heavy atom. The number of aromatic nitrogens is 4. The molecule has 0 spiro atoms. The van der Waals surface area contributed by atoms with Gasteiger partial charge in [-0.25, -0.2) is 9.97 Å². The number of carbonyl (C=O) groups is 1. The van der Waals surface area contributed by atoms with Crippen molar-refractivity contribution in [2.75, 3.05) is 12.4 Å². The maximum Gasteiger partial charge on any atom is 0.256 e. The number of rotatable bonds is 6. The van der Waals surface area contributed by atoms with Gasteiger partial charge in [-0.15, -0.1) is 0 Å². The predicted octanol–water partition coefficient (Wildman–Crippen LogP) is 3.68. The van der Waals surface area contributed by atoms with E-state index in [-0.39, 0.29) is 0 Å². The zero-order valence-corrected chi connectivity index (χ0v) is 19.3. The molecule has 0 radical (unpaired) electrons. The highest BCUT2D eigenvalue weighted by molar-refractivity contribution is 6.07. The van der Waals surface area contributed by atoms with Crippen molar-refractivity contribution < 1.29 is 9.90 Å². The maximum atomic E-state index is 12.7. The number of aromatic amines is 1. The molecule has 5 aromatic rings. The van der Waals surface area contributed by atoms with Gasteiger partial charge in [-0.3, -0.25) is 4.79 Å². The van der Waals surface area contributed by atoms with Crippen LogP contribution in [-0.4, -0.2) is 37.6 Å². The van der Waals surface area contributed by atoms with Crippen molar-refractivity contribution in [3.05, 3.63) is 78.1 Å². The van der Waals surface area contributed by atoms with Crippen molar-refractivity contribution >= 4 is 33.8 Å². The van der Waals surface area contributed by atoms with Crippen LogP contribution in [0, 0.1) is 0 Å². The summed E-state index contributed by atoms with van der Waals surface area (Å²) in [6.45, 7) is 1.80. The number of fused-ring (bicyclic) bond motifs is 3. The molecule has 2 aromatic carbocycles. The molecule has 8 nitrogen and oxygen atoms in total. The summed E-state index contributed by atoms with van der Waals surface area (Å²) in [4.78, 5) is 25.3. The lowest BCUT2D eigenvalue weighted by atomic mass is 9.95. The van der Waals surface area contributed by atoms with Gasteiger partial charge in [-0.1, -0.05) is 48.5 Å². The largest absolute Gasteiger partial charge is 0.376 e. The minimum absolute atomic E-state index is 0.296. The Morgan fingerprint density at radius 1 is 1.15 bits per heavy atom. The smallest absolute Gasteiger partial charge is 0.256 e. The number of benzene rings is 2. The summed E-state index contributed by atoms with van der Waals surface area (Å²) < 4.78 is 1.99. The Labute approximate surface area is 196 Å². The van der Waals surface area contributed by atoms with Gasteiger partial charge in [0.15, 0.2) is 11.4 Å². The number of aryl methyl sites for hydroxylation is 1. The van der Waals surface area contributed by atoms with Crippen molar-refractivity contribution in [2.45, 2.75) is 19.1 Å². The van der Waals surface area contributed by atoms with E-state index in [0.29, 0.717) is 12.1 Å². The zero-order valence-electron chi connectivity index (χ0n) is 19.3. The summed E-state index contributed by atoms with van der Waals surface area (Å²) in [6.07, 6.45) is 1.78. The third-order valence-electron chi connectivity index (χ3n) is 6.14. The zero-order chi connectivity index (χ0) is 23.9. The van der Waals surface area contributed by atoms with Gasteiger partial charge in [0.1, 0.15) is 11.2 Å². The highest BCUT2D eigenvalue weighted by Gasteiger charge is 2.31. The van der Waals surface area contributed by atoms with E-state index in [1.54, 1.807) is 30.6 Å². The molecule has 5 rings (SSSR count). The number of imidazole rings is 1. The van der Waals surface area contributed by atoms with Crippen molar-refractivity contribution in [1.29, 1.82) is 0 Å². The fraction of sp³-hybridized carbons (Fsp3) is 0.192. The molecule has 172 valence electrons. The van der Waals surface area contributed by atoms with Gasteiger partial charge in [0, 0.05) is 31.7 Å². The number of nitrogens with one attached hydrogen (secondary N) is 3. The summed E-state index contributed by atoms with van der Waals surface area (Å²) in [5.74, 6) is 0.274. The second-order valence-electron chi connectivity index (χ2n) is 8.53. The first kappa shape index (κ1) is 21.7. The second-order valence-corrected chi connectivity index (χ2v) is 8.53. The standard InChI is InChI=1S/C26H26N6O2/c1-26(34,18-10-5-4-6-11-18)25(33)28-14-16-8-7-9-17(12-16)20-13-19-22-21(29-15-32(22)3)24(27-2)31-23(19)30-20/h4-13,15,34H,14H2,1-3H3,(H,28,33)(H2,27,30,31). The second kappa shape index (κ2) is 8.31. The Hall–Kier alpha value is -4.17. The van der Waals surface area contributed by atoms with E-state index in [0.717, 1.165) is 44.7 Å². The van der Waals surface area contributed by atoms with Gasteiger partial charge < -0.3 is 25.3 Å². The summed E-state index contributed by atoms with van der Waals surface area (Å²) in [7, 11) is 3.80. The third kappa shape index (κ3) is 3.68. The highest BCUT2D eigenvalue weighted by Crippen LogP contribution is 2.32. The number of pyridine rings is 1. The number of H-pyrrole nitrogens is 1. The number of amides is 1. The molecule has 0 aliphatic rings. The summed E-state index contributed by atoms with van der Waals surface area (Å²) in [5, 5.41) is 17.7. The Morgan fingerprint density at radius 2 is 1.94 bits per heavy atom. The Balaban J connectivity index is 1.42. The first-order chi connectivity index (χ1) is 16.4. The lowest BCUT2D eigenvalue weighted by Gasteiger charge is -2.22. The molecule has 4 N–H and O–H groups in total. The molecular formula is C26H26N6O2. The monoisotopic (exact) mass is 454 g/mol. The van der Waals surface area contributed by atoms with Crippen molar-refractivity contribution in [3.8, 4) is 11.3 Å². The molecule has 0 saturated carbocycles. The van der Waals surface area contributed by atoms with E-state index < -0.39 is 11.5 Å². The topological polar surface area (TPSA) is 108 Å². The number of aliphatic hydroxyl groups is 1. The lowest BCUT2D eigenvalue weighted by molar-refractivity contribution is -0.139. The minimum atomic E-state index is -1.61. The van der Waals surface area contributed by atoms with Gasteiger partial charge in [-0.05, 0) is 35.7 Å². The van der Waals surface area contributed by atoms with E-state index in [1.807, 2.05) is 49.0 Å². The highest BCUT2D eigenvalue weighted by atomic mass is 16.3. The van der Waals surface area contributed by atoms with Crippen LogP contribution in [-0.2, 0) is 24.0 Å². The fourth-order valence-electron chi connectivity index (χ4n) is 4.23. The van der Waals surface area contributed by atoms with Gasteiger partial charge in [0.05, 0.1) is 11.8 Å². The van der Waals surface area contributed by atoms with E-state index in [2.05, 4.69) is 26.7 Å². The Bertz CT molecular complexity index is 1500. The molecule has 0 aliphatic heterocycles. The Kier molecular flexibility index (Phi) is 5.30. The van der Waals surface area contributed by atoms with Crippen molar-refractivity contribution in [3.63, 3.8) is 0 Å². The lowest BCUT2D eigenvalue weighted by Crippen LogP contribution is -2.41. The van der Waals surface area contributed by atoms with Gasteiger partial charge in [0.25, 0.3) is 5.91 Å². The number of hydrogen-bond donors (Lipinski definition) is 4. The molecular weight excluding hydrogens is 428 g/mol. The average molecular weight is 455 g/mol. The average Bonchev–Trinajstić information content (AvgIpc) is 3.46. The summed E-state index contributed by atoms with van der Waals surface area (Å²) >= 11 is 0. The molecule has 0 fully saturated rings. The minimum Gasteiger partial charge on any atom is -0.376 e. The van der Waals surface area contributed by atoms with Crippen LogP contribution in [0.3, 0.4) is 0 Å². The number of nitrogens with zero attached hydrogens (tertiary/aromatic N) is 3. The summed E-state index contributed by atoms with van der Waals surface area (Å²) in [6, 6.07) is 18.9. The fourth-order valence-corrected chi connectivity index (χ4v) is 4.23. The molecule has 0 aliphatic carbocycles. The number of hydrogen-bond acceptors (Lipinski definition) is 5. The first-order valence-electron chi connectivity index (χ1n) is 11.1. The molecule has 1 amide bonds. The van der Waals surface area contributed by atoms with E-state index in [1.165, 1.54) is 6.92 Å². The van der Waals surface area contributed by atoms with Crippen molar-refractivity contribution in [1.82, 2.24) is 24.8 Å². The SMILES string of the molecule is CNc1nc2[nH]c(-c3cccc(CNC(=O)C(C)(O)c4ccccc4)c3)cc2c2c1ncn2C. The van der Waals surface area contributed by atoms with Crippen LogP contribution in [0.2, 0.25) is 0 Å². The summed E-state index contributed by atoms with van der Waals surface area (Å²) in [5.41, 5.74) is 4.35. The molecule has 1 unspecified atom stereocenters. The molecule has 3 aromatic heterocycles. The van der Waals surface area contributed by atoms with Crippen LogP contribution in [0.25, 0.3) is 33.3 Å². The molecule has 0 bridgehead atoms. The van der Waals surface area contributed by atoms with Crippen molar-refractivity contribution in [2.24, 2.45) is 7.05 Å². The molecule has 0 saturated heterocycles. The van der Waals surface area contributed by atoms with Crippen LogP contribution in [0.4, 0.5) is 5.82 Å². The number of anilines is 1. The van der Waals surface area contributed by atoms with Gasteiger partial charge in [0.2, 0.25) is 0 Å².